The van der Waals surface area contributed by atoms with Crippen molar-refractivity contribution in [2.24, 2.45) is 0 Å². The van der Waals surface area contributed by atoms with Gasteiger partial charge in [0.25, 0.3) is 0 Å². The molecule has 1 N–H and O–H groups in total. The molecule has 0 unspecified atom stereocenters. The van der Waals surface area contributed by atoms with Crippen LogP contribution in [0.25, 0.3) is 0 Å². The fourth-order valence-electron chi connectivity index (χ4n) is 1.10. The molecular formula is C9H21ClN2. The van der Waals surface area contributed by atoms with Crippen molar-refractivity contribution in [1.82, 2.24) is 10.2 Å². The van der Waals surface area contributed by atoms with Crippen LogP contribution in [-0.4, -0.2) is 38.1 Å². The molecule has 0 bridgehead atoms. The Hall–Kier alpha value is 0.210. The van der Waals surface area contributed by atoms with Crippen molar-refractivity contribution < 1.29 is 0 Å². The van der Waals surface area contributed by atoms with Gasteiger partial charge < -0.3 is 5.32 Å². The molecule has 0 saturated carbocycles. The van der Waals surface area contributed by atoms with Gasteiger partial charge in [0.05, 0.1) is 6.00 Å². The van der Waals surface area contributed by atoms with Crippen molar-refractivity contribution in [3.05, 3.63) is 0 Å². The second kappa shape index (κ2) is 9.30. The molecule has 0 fully saturated rings. The fraction of sp³-hybridized carbons (Fsp3) is 1.00. The molecule has 0 heterocycles. The molecule has 0 aromatic carbocycles. The maximum atomic E-state index is 5.63. The Labute approximate surface area is 81.3 Å². The molecule has 3 heteroatoms. The fourth-order valence-corrected chi connectivity index (χ4v) is 1.22. The highest BCUT2D eigenvalue weighted by molar-refractivity contribution is 6.17. The van der Waals surface area contributed by atoms with E-state index in [2.05, 4.69) is 17.3 Å². The number of rotatable bonds is 8. The van der Waals surface area contributed by atoms with E-state index >= 15 is 0 Å². The van der Waals surface area contributed by atoms with E-state index in [9.17, 15) is 0 Å². The summed E-state index contributed by atoms with van der Waals surface area (Å²) in [6.07, 6.45) is 5.22. The highest BCUT2D eigenvalue weighted by Gasteiger charge is 1.94. The minimum atomic E-state index is 0.649. The van der Waals surface area contributed by atoms with E-state index in [4.69, 9.17) is 11.6 Å². The molecule has 0 aromatic heterocycles. The molecule has 0 saturated heterocycles. The lowest BCUT2D eigenvalue weighted by Crippen LogP contribution is -2.17. The Kier molecular flexibility index (Phi) is 9.46. The zero-order chi connectivity index (χ0) is 9.23. The smallest absolute Gasteiger partial charge is 0.0735 e. The summed E-state index contributed by atoms with van der Waals surface area (Å²) < 4.78 is 0. The number of nitrogens with one attached hydrogen (secondary N) is 1. The van der Waals surface area contributed by atoms with E-state index in [1.807, 2.05) is 7.05 Å². The summed E-state index contributed by atoms with van der Waals surface area (Å²) >= 11 is 5.63. The van der Waals surface area contributed by atoms with Crippen LogP contribution in [0.1, 0.15) is 25.7 Å². The van der Waals surface area contributed by atoms with Crippen LogP contribution in [0, 0.1) is 0 Å². The predicted molar refractivity (Wildman–Crippen MR) is 55.7 cm³/mol. The first-order chi connectivity index (χ1) is 5.81. The first-order valence-corrected chi connectivity index (χ1v) is 5.24. The van der Waals surface area contributed by atoms with Crippen LogP contribution in [0.15, 0.2) is 0 Å². The van der Waals surface area contributed by atoms with Gasteiger partial charge in [-0.2, -0.15) is 0 Å². The van der Waals surface area contributed by atoms with Gasteiger partial charge in [0.1, 0.15) is 0 Å². The zero-order valence-electron chi connectivity index (χ0n) is 8.27. The minimum absolute atomic E-state index is 0.649. The topological polar surface area (TPSA) is 15.3 Å². The largest absolute Gasteiger partial charge is 0.320 e. The lowest BCUT2D eigenvalue weighted by molar-refractivity contribution is 0.373. The molecule has 12 heavy (non-hydrogen) atoms. The van der Waals surface area contributed by atoms with Crippen molar-refractivity contribution in [3.8, 4) is 0 Å². The van der Waals surface area contributed by atoms with Gasteiger partial charge in [-0.3, -0.25) is 4.90 Å². The van der Waals surface area contributed by atoms with Gasteiger partial charge in [0.15, 0.2) is 0 Å². The van der Waals surface area contributed by atoms with E-state index in [0.29, 0.717) is 6.00 Å². The molecule has 74 valence electrons. The maximum Gasteiger partial charge on any atom is 0.0735 e. The van der Waals surface area contributed by atoms with Crippen LogP contribution in [0.2, 0.25) is 0 Å². The molecule has 0 radical (unpaired) electrons. The SMILES string of the molecule is CNCCCCCCN(C)CCl. The summed E-state index contributed by atoms with van der Waals surface area (Å²) in [7, 11) is 4.06. The number of unbranched alkanes of at least 4 members (excludes halogenated alkanes) is 3. The lowest BCUT2D eigenvalue weighted by atomic mass is 10.2. The van der Waals surface area contributed by atoms with Crippen LogP contribution in [-0.2, 0) is 0 Å². The van der Waals surface area contributed by atoms with Gasteiger partial charge in [-0.1, -0.05) is 12.8 Å². The number of alkyl halides is 1. The lowest BCUT2D eigenvalue weighted by Gasteiger charge is -2.11. The van der Waals surface area contributed by atoms with Crippen LogP contribution < -0.4 is 5.32 Å². The molecular weight excluding hydrogens is 172 g/mol. The summed E-state index contributed by atoms with van der Waals surface area (Å²) in [4.78, 5) is 2.14. The molecule has 0 aliphatic heterocycles. The van der Waals surface area contributed by atoms with E-state index in [1.165, 1.54) is 25.7 Å². The van der Waals surface area contributed by atoms with Gasteiger partial charge >= 0.3 is 0 Å². The Balaban J connectivity index is 2.90. The summed E-state index contributed by atoms with van der Waals surface area (Å²) in [5, 5.41) is 3.15. The standard InChI is InChI=1S/C9H21ClN2/c1-11-7-5-3-4-6-8-12(2)9-10/h11H,3-9H2,1-2H3. The van der Waals surface area contributed by atoms with Crippen molar-refractivity contribution in [1.29, 1.82) is 0 Å². The monoisotopic (exact) mass is 192 g/mol. The van der Waals surface area contributed by atoms with Gasteiger partial charge in [-0.15, -0.1) is 11.6 Å². The second-order valence-electron chi connectivity index (χ2n) is 3.22. The second-order valence-corrected chi connectivity index (χ2v) is 3.46. The third kappa shape index (κ3) is 8.31. The average molecular weight is 193 g/mol. The van der Waals surface area contributed by atoms with Crippen molar-refractivity contribution in [2.75, 3.05) is 33.2 Å². The highest BCUT2D eigenvalue weighted by Crippen LogP contribution is 2.00. The molecule has 0 aromatic rings. The first kappa shape index (κ1) is 12.2. The van der Waals surface area contributed by atoms with Gasteiger partial charge in [-0.25, -0.2) is 0 Å². The van der Waals surface area contributed by atoms with Crippen molar-refractivity contribution in [2.45, 2.75) is 25.7 Å². The first-order valence-electron chi connectivity index (χ1n) is 4.70. The van der Waals surface area contributed by atoms with Crippen LogP contribution in [0.3, 0.4) is 0 Å². The van der Waals surface area contributed by atoms with E-state index < -0.39 is 0 Å². The van der Waals surface area contributed by atoms with Crippen LogP contribution in [0.4, 0.5) is 0 Å². The zero-order valence-corrected chi connectivity index (χ0v) is 9.03. The maximum absolute atomic E-state index is 5.63. The van der Waals surface area contributed by atoms with E-state index in [0.717, 1.165) is 13.1 Å². The average Bonchev–Trinajstić information content (AvgIpc) is 2.10. The minimum Gasteiger partial charge on any atom is -0.320 e. The number of halogens is 1. The summed E-state index contributed by atoms with van der Waals surface area (Å²) in [5.41, 5.74) is 0. The summed E-state index contributed by atoms with van der Waals surface area (Å²) in [6.45, 7) is 2.27. The van der Waals surface area contributed by atoms with E-state index in [1.54, 1.807) is 0 Å². The predicted octanol–water partition coefficient (Wildman–Crippen LogP) is 1.89. The molecule has 0 spiro atoms. The summed E-state index contributed by atoms with van der Waals surface area (Å²) in [6, 6.07) is 0.649. The Morgan fingerprint density at radius 1 is 1.17 bits per heavy atom. The van der Waals surface area contributed by atoms with E-state index in [-0.39, 0.29) is 0 Å². The molecule has 0 atom stereocenters. The third-order valence-corrected chi connectivity index (χ3v) is 2.33. The Morgan fingerprint density at radius 2 is 1.83 bits per heavy atom. The van der Waals surface area contributed by atoms with Crippen LogP contribution >= 0.6 is 11.6 Å². The third-order valence-electron chi connectivity index (χ3n) is 1.92. The highest BCUT2D eigenvalue weighted by atomic mass is 35.5. The molecule has 0 aliphatic rings. The molecule has 0 amide bonds. The Bertz CT molecular complexity index is 88.6. The van der Waals surface area contributed by atoms with Gasteiger partial charge in [0.2, 0.25) is 0 Å². The normalized spacial score (nSPS) is 11.0. The number of nitrogens with zero attached hydrogens (tertiary/aromatic N) is 1. The molecule has 2 nitrogen and oxygen atoms in total. The molecule has 0 rings (SSSR count). The summed E-state index contributed by atoms with van der Waals surface area (Å²) in [5.74, 6) is 0. The quantitative estimate of drug-likeness (QED) is 0.359. The Morgan fingerprint density at radius 3 is 2.42 bits per heavy atom. The van der Waals surface area contributed by atoms with Crippen molar-refractivity contribution >= 4 is 11.6 Å². The number of hydrogen-bond donors (Lipinski definition) is 1. The number of hydrogen-bond acceptors (Lipinski definition) is 2. The van der Waals surface area contributed by atoms with Gasteiger partial charge in [-0.05, 0) is 40.0 Å². The van der Waals surface area contributed by atoms with Crippen molar-refractivity contribution in [3.63, 3.8) is 0 Å². The molecule has 0 aliphatic carbocycles. The van der Waals surface area contributed by atoms with Crippen LogP contribution in [0.5, 0.6) is 0 Å². The van der Waals surface area contributed by atoms with Gasteiger partial charge in [0, 0.05) is 0 Å².